The van der Waals surface area contributed by atoms with E-state index in [1.165, 1.54) is 0 Å². The molecule has 0 unspecified atom stereocenters. The summed E-state index contributed by atoms with van der Waals surface area (Å²) in [5, 5.41) is 4.05. The van der Waals surface area contributed by atoms with Gasteiger partial charge >= 0.3 is 0 Å². The molecule has 1 aromatic rings. The van der Waals surface area contributed by atoms with E-state index in [-0.39, 0.29) is 5.91 Å². The lowest BCUT2D eigenvalue weighted by Gasteiger charge is -2.46. The minimum atomic E-state index is 0.207. The zero-order chi connectivity index (χ0) is 13.9. The fourth-order valence-electron chi connectivity index (χ4n) is 2.87. The van der Waals surface area contributed by atoms with Crippen molar-refractivity contribution < 1.29 is 4.79 Å². The first-order valence-corrected chi connectivity index (χ1v) is 7.57. The van der Waals surface area contributed by atoms with Crippen molar-refractivity contribution in [1.29, 1.82) is 0 Å². The van der Waals surface area contributed by atoms with Gasteiger partial charge in [0.05, 0.1) is 6.42 Å². The van der Waals surface area contributed by atoms with Crippen LogP contribution in [0.5, 0.6) is 0 Å². The van der Waals surface area contributed by atoms with Crippen molar-refractivity contribution in [2.24, 2.45) is 0 Å². The van der Waals surface area contributed by atoms with Gasteiger partial charge in [0.2, 0.25) is 5.91 Å². The Labute approximate surface area is 124 Å². The molecule has 2 fully saturated rings. The van der Waals surface area contributed by atoms with Gasteiger partial charge in [-0.3, -0.25) is 9.69 Å². The number of carbonyl (C=O) groups excluding carboxylic acids is 1. The van der Waals surface area contributed by atoms with E-state index in [4.69, 9.17) is 11.6 Å². The Hall–Kier alpha value is -1.10. The number of halogens is 1. The van der Waals surface area contributed by atoms with Gasteiger partial charge < -0.3 is 10.2 Å². The smallest absolute Gasteiger partial charge is 0.227 e. The third kappa shape index (κ3) is 3.14. The number of piperazine rings is 1. The van der Waals surface area contributed by atoms with Gasteiger partial charge in [-0.05, 0) is 17.7 Å². The molecule has 5 heteroatoms. The molecule has 1 aromatic carbocycles. The lowest BCUT2D eigenvalue weighted by atomic mass is 10.0. The SMILES string of the molecule is O=C(Cc1cccc(Cl)c1)N1CC(N2CCNCC2)C1. The van der Waals surface area contributed by atoms with Crippen LogP contribution in [0.3, 0.4) is 0 Å². The van der Waals surface area contributed by atoms with Crippen LogP contribution in [0, 0.1) is 0 Å². The normalized spacial score (nSPS) is 20.8. The van der Waals surface area contributed by atoms with Crippen molar-refractivity contribution in [3.63, 3.8) is 0 Å². The molecule has 20 heavy (non-hydrogen) atoms. The highest BCUT2D eigenvalue weighted by molar-refractivity contribution is 6.30. The number of hydrogen-bond acceptors (Lipinski definition) is 3. The molecule has 0 aliphatic carbocycles. The maximum atomic E-state index is 12.2. The van der Waals surface area contributed by atoms with Crippen LogP contribution in [0.25, 0.3) is 0 Å². The second kappa shape index (κ2) is 6.12. The van der Waals surface area contributed by atoms with Gasteiger partial charge in [-0.25, -0.2) is 0 Å². The first kappa shape index (κ1) is 13.9. The summed E-state index contributed by atoms with van der Waals surface area (Å²) >= 11 is 5.94. The Balaban J connectivity index is 1.48. The van der Waals surface area contributed by atoms with E-state index >= 15 is 0 Å². The number of hydrogen-bond donors (Lipinski definition) is 1. The zero-order valence-corrected chi connectivity index (χ0v) is 12.3. The van der Waals surface area contributed by atoms with Crippen molar-refractivity contribution in [3.05, 3.63) is 34.9 Å². The molecular formula is C15H20ClN3O. The third-order valence-electron chi connectivity index (χ3n) is 4.13. The summed E-state index contributed by atoms with van der Waals surface area (Å²) in [4.78, 5) is 16.6. The van der Waals surface area contributed by atoms with Crippen molar-refractivity contribution >= 4 is 17.5 Å². The first-order chi connectivity index (χ1) is 9.72. The van der Waals surface area contributed by atoms with Crippen LogP contribution in [0.4, 0.5) is 0 Å². The Kier molecular flexibility index (Phi) is 4.24. The van der Waals surface area contributed by atoms with Crippen molar-refractivity contribution in [2.45, 2.75) is 12.5 Å². The fourth-order valence-corrected chi connectivity index (χ4v) is 3.08. The van der Waals surface area contributed by atoms with E-state index in [2.05, 4.69) is 10.2 Å². The quantitative estimate of drug-likeness (QED) is 0.903. The van der Waals surface area contributed by atoms with Crippen molar-refractivity contribution in [3.8, 4) is 0 Å². The van der Waals surface area contributed by atoms with Crippen LogP contribution in [0.1, 0.15) is 5.56 Å². The third-order valence-corrected chi connectivity index (χ3v) is 4.36. The fraction of sp³-hybridized carbons (Fsp3) is 0.533. The Morgan fingerprint density at radius 2 is 2.05 bits per heavy atom. The van der Waals surface area contributed by atoms with Gasteiger partial charge in [-0.1, -0.05) is 23.7 Å². The van der Waals surface area contributed by atoms with Crippen LogP contribution < -0.4 is 5.32 Å². The molecule has 2 saturated heterocycles. The highest BCUT2D eigenvalue weighted by Gasteiger charge is 2.34. The second-order valence-electron chi connectivity index (χ2n) is 5.55. The van der Waals surface area contributed by atoms with E-state index in [0.717, 1.165) is 44.8 Å². The molecule has 1 amide bonds. The molecule has 3 rings (SSSR count). The molecule has 2 heterocycles. The van der Waals surface area contributed by atoms with E-state index < -0.39 is 0 Å². The number of benzene rings is 1. The summed E-state index contributed by atoms with van der Waals surface area (Å²) < 4.78 is 0. The molecule has 108 valence electrons. The van der Waals surface area contributed by atoms with Crippen molar-refractivity contribution in [1.82, 2.24) is 15.1 Å². The highest BCUT2D eigenvalue weighted by Crippen LogP contribution is 2.18. The summed E-state index contributed by atoms with van der Waals surface area (Å²) in [6.07, 6.45) is 0.453. The predicted octanol–water partition coefficient (Wildman–Crippen LogP) is 0.998. The van der Waals surface area contributed by atoms with Gasteiger partial charge in [0.25, 0.3) is 0 Å². The predicted molar refractivity (Wildman–Crippen MR) is 80.0 cm³/mol. The molecule has 1 N–H and O–H groups in total. The number of nitrogens with one attached hydrogen (secondary N) is 1. The van der Waals surface area contributed by atoms with Gasteiger partial charge in [-0.2, -0.15) is 0 Å². The van der Waals surface area contributed by atoms with Gasteiger partial charge in [0.15, 0.2) is 0 Å². The molecule has 4 nitrogen and oxygen atoms in total. The molecule has 0 atom stereocenters. The Morgan fingerprint density at radius 3 is 2.75 bits per heavy atom. The summed E-state index contributed by atoms with van der Waals surface area (Å²) in [6, 6.07) is 8.11. The van der Waals surface area contributed by atoms with Crippen LogP contribution in [-0.2, 0) is 11.2 Å². The van der Waals surface area contributed by atoms with Gasteiger partial charge in [0.1, 0.15) is 0 Å². The standard InChI is InChI=1S/C15H20ClN3O/c16-13-3-1-2-12(8-13)9-15(20)19-10-14(11-19)18-6-4-17-5-7-18/h1-3,8,14,17H,4-7,9-11H2. The summed E-state index contributed by atoms with van der Waals surface area (Å²) in [7, 11) is 0. The van der Waals surface area contributed by atoms with Crippen LogP contribution in [0.15, 0.2) is 24.3 Å². The lowest BCUT2D eigenvalue weighted by Crippen LogP contribution is -2.64. The van der Waals surface area contributed by atoms with E-state index in [9.17, 15) is 4.79 Å². The minimum Gasteiger partial charge on any atom is -0.339 e. The summed E-state index contributed by atoms with van der Waals surface area (Å²) in [5.41, 5.74) is 0.994. The van der Waals surface area contributed by atoms with E-state index in [1.807, 2.05) is 29.2 Å². The average molecular weight is 294 g/mol. The first-order valence-electron chi connectivity index (χ1n) is 7.19. The highest BCUT2D eigenvalue weighted by atomic mass is 35.5. The van der Waals surface area contributed by atoms with E-state index in [0.29, 0.717) is 17.5 Å². The molecule has 0 spiro atoms. The molecular weight excluding hydrogens is 274 g/mol. The second-order valence-corrected chi connectivity index (χ2v) is 5.98. The Morgan fingerprint density at radius 1 is 1.30 bits per heavy atom. The van der Waals surface area contributed by atoms with Gasteiger partial charge in [0, 0.05) is 50.3 Å². The maximum Gasteiger partial charge on any atom is 0.227 e. The monoisotopic (exact) mass is 293 g/mol. The molecule has 0 radical (unpaired) electrons. The zero-order valence-electron chi connectivity index (χ0n) is 11.5. The topological polar surface area (TPSA) is 35.6 Å². The van der Waals surface area contributed by atoms with Crippen molar-refractivity contribution in [2.75, 3.05) is 39.3 Å². The number of nitrogens with zero attached hydrogens (tertiary/aromatic N) is 2. The molecule has 0 aromatic heterocycles. The summed E-state index contributed by atoms with van der Waals surface area (Å²) in [5.74, 6) is 0.207. The van der Waals surface area contributed by atoms with E-state index in [1.54, 1.807) is 0 Å². The average Bonchev–Trinajstić information content (AvgIpc) is 2.38. The Bertz CT molecular complexity index is 482. The molecule has 0 saturated carbocycles. The molecule has 2 aliphatic rings. The summed E-state index contributed by atoms with van der Waals surface area (Å²) in [6.45, 7) is 6.07. The number of rotatable bonds is 3. The van der Waals surface area contributed by atoms with Crippen LogP contribution >= 0.6 is 11.6 Å². The number of likely N-dealkylation sites (tertiary alicyclic amines) is 1. The van der Waals surface area contributed by atoms with Crippen LogP contribution in [0.2, 0.25) is 5.02 Å². The van der Waals surface area contributed by atoms with Gasteiger partial charge in [-0.15, -0.1) is 0 Å². The maximum absolute atomic E-state index is 12.2. The van der Waals surface area contributed by atoms with Crippen LogP contribution in [-0.4, -0.2) is 61.0 Å². The largest absolute Gasteiger partial charge is 0.339 e. The number of carbonyl (C=O) groups is 1. The molecule has 2 aliphatic heterocycles. The lowest BCUT2D eigenvalue weighted by molar-refractivity contribution is -0.138. The molecule has 0 bridgehead atoms. The number of amides is 1. The minimum absolute atomic E-state index is 0.207.